The predicted molar refractivity (Wildman–Crippen MR) is 105 cm³/mol. The third-order valence-electron chi connectivity index (χ3n) is 3.30. The molecule has 0 aliphatic carbocycles. The predicted octanol–water partition coefficient (Wildman–Crippen LogP) is 4.47. The fourth-order valence-electron chi connectivity index (χ4n) is 1.79. The van der Waals surface area contributed by atoms with E-state index in [1.165, 1.54) is 13.8 Å². The Balaban J connectivity index is 2.46. The molecule has 4 nitrogen and oxygen atoms in total. The first-order valence-corrected chi connectivity index (χ1v) is 7.68. The van der Waals surface area contributed by atoms with E-state index in [0.717, 1.165) is 7.11 Å². The molecule has 0 aromatic heterocycles. The number of hydrogen-bond donors (Lipinski definition) is 1. The largest absolute Gasteiger partial charge is 0.493 e. The van der Waals surface area contributed by atoms with Crippen molar-refractivity contribution in [1.82, 2.24) is 0 Å². The molecule has 0 fully saturated rings. The van der Waals surface area contributed by atoms with E-state index in [2.05, 4.69) is 0 Å². The molecule has 1 atom stereocenters. The number of aliphatic hydroxyl groups excluding tert-OH is 1. The normalized spacial score (nSPS) is 22.4. The molecule has 0 saturated heterocycles. The van der Waals surface area contributed by atoms with E-state index in [4.69, 9.17) is 34.8 Å². The molecule has 0 radical (unpaired) electrons. The summed E-state index contributed by atoms with van der Waals surface area (Å²) in [6.07, 6.45) is -13.1. The second-order valence-electron chi connectivity index (χ2n) is 5.18. The molecule has 2 aromatic rings. The molecule has 0 aliphatic rings. The average Bonchev–Trinajstić information content (AvgIpc) is 2.83. The summed E-state index contributed by atoms with van der Waals surface area (Å²) in [5.74, 6) is -1.99. The summed E-state index contributed by atoms with van der Waals surface area (Å²) < 4.78 is 136. The Morgan fingerprint density at radius 2 is 1.96 bits per heavy atom. The van der Waals surface area contributed by atoms with Gasteiger partial charge in [0.05, 0.1) is 32.6 Å². The number of rotatable bonds is 10. The van der Waals surface area contributed by atoms with Gasteiger partial charge >= 0.3 is 0 Å². The molecule has 2 rings (SSSR count). The van der Waals surface area contributed by atoms with Crippen LogP contribution in [-0.2, 0) is 6.37 Å². The second kappa shape index (κ2) is 10.1. The fraction of sp³-hybridized carbons (Fsp3) is 0.455. The molecule has 26 heavy (non-hydrogen) atoms. The SMILES string of the molecule is [2H]c1c([2H])c(OCC(O)C([2H])([2H])CC([2H])([2H])C([2H])([2H])c2c([2H])c([2H])c(OC)c(OC([2H])([2H])[2H])c2[2H])c([2H])c(C)c1C. The van der Waals surface area contributed by atoms with Gasteiger partial charge in [-0.05, 0) is 73.8 Å². The standard InChI is InChI=1S/C22H30O4/c1-16-9-11-20(13-17(16)2)26-15-19(23)8-6-5-7-18-10-12-21(24-3)22(14-18)25-4/h9-14,19,23H,5-8,15H2,1-4H3/i4D3,5D2,7D2,8D2,9D,10D,11D,12D,13D,14D. The van der Waals surface area contributed by atoms with E-state index in [-0.39, 0.29) is 12.1 Å². The summed E-state index contributed by atoms with van der Waals surface area (Å²) in [6.45, 7) is 2.16. The van der Waals surface area contributed by atoms with Crippen molar-refractivity contribution in [2.24, 2.45) is 0 Å². The van der Waals surface area contributed by atoms with E-state index in [1.807, 2.05) is 0 Å². The van der Waals surface area contributed by atoms with Crippen LogP contribution in [0.15, 0.2) is 36.3 Å². The van der Waals surface area contributed by atoms with E-state index in [0.29, 0.717) is 11.1 Å². The number of methoxy groups -OCH3 is 2. The molecule has 0 heterocycles. The second-order valence-corrected chi connectivity index (χ2v) is 5.18. The van der Waals surface area contributed by atoms with Gasteiger partial charge in [0.15, 0.2) is 11.5 Å². The van der Waals surface area contributed by atoms with Crippen LogP contribution in [0.4, 0.5) is 0 Å². The minimum absolute atomic E-state index is 0.233. The fourth-order valence-corrected chi connectivity index (χ4v) is 1.79. The maximum absolute atomic E-state index is 10.5. The Bertz CT molecular complexity index is 1280. The first-order valence-electron chi connectivity index (χ1n) is 15.2. The minimum Gasteiger partial charge on any atom is -0.493 e. The minimum atomic E-state index is -3.40. The number of benzene rings is 2. The molecule has 1 unspecified atom stereocenters. The van der Waals surface area contributed by atoms with Crippen molar-refractivity contribution in [1.29, 1.82) is 0 Å². The maximum atomic E-state index is 10.5. The van der Waals surface area contributed by atoms with Gasteiger partial charge in [-0.25, -0.2) is 0 Å². The van der Waals surface area contributed by atoms with E-state index >= 15 is 0 Å². The zero-order chi connectivity index (χ0) is 32.0. The molecule has 0 bridgehead atoms. The van der Waals surface area contributed by atoms with E-state index in [1.54, 1.807) is 0 Å². The van der Waals surface area contributed by atoms with Gasteiger partial charge in [-0.15, -0.1) is 0 Å². The summed E-state index contributed by atoms with van der Waals surface area (Å²) in [7, 11) is -2.18. The lowest BCUT2D eigenvalue weighted by Crippen LogP contribution is -2.17. The lowest BCUT2D eigenvalue weighted by molar-refractivity contribution is 0.0976. The van der Waals surface area contributed by atoms with Crippen molar-refractivity contribution < 1.29 is 39.9 Å². The van der Waals surface area contributed by atoms with Crippen molar-refractivity contribution >= 4 is 0 Å². The molecule has 0 saturated carbocycles. The lowest BCUT2D eigenvalue weighted by Gasteiger charge is -2.13. The highest BCUT2D eigenvalue weighted by Crippen LogP contribution is 2.28. The van der Waals surface area contributed by atoms with Crippen LogP contribution in [0.2, 0.25) is 0 Å². The zero-order valence-corrected chi connectivity index (χ0v) is 14.7. The Labute approximate surface area is 177 Å². The third kappa shape index (κ3) is 5.95. The Morgan fingerprint density at radius 3 is 2.73 bits per heavy atom. The first-order chi connectivity index (χ1) is 18.4. The van der Waals surface area contributed by atoms with Crippen LogP contribution in [0.25, 0.3) is 0 Å². The van der Waals surface area contributed by atoms with Crippen LogP contribution in [0.3, 0.4) is 0 Å². The van der Waals surface area contributed by atoms with Gasteiger partial charge < -0.3 is 19.3 Å². The van der Waals surface area contributed by atoms with Crippen LogP contribution in [0.1, 0.15) is 56.4 Å². The summed E-state index contributed by atoms with van der Waals surface area (Å²) in [5.41, 5.74) is -0.400. The van der Waals surface area contributed by atoms with Crippen molar-refractivity contribution in [2.45, 2.75) is 45.5 Å². The summed E-state index contributed by atoms with van der Waals surface area (Å²) >= 11 is 0. The molecule has 1 N–H and O–H groups in total. The first kappa shape index (κ1) is 7.81. The molecular formula is C22H30O4. The van der Waals surface area contributed by atoms with Crippen molar-refractivity contribution in [3.63, 3.8) is 0 Å². The van der Waals surface area contributed by atoms with Gasteiger partial charge in [0.25, 0.3) is 0 Å². The van der Waals surface area contributed by atoms with Gasteiger partial charge in [-0.3, -0.25) is 0 Å². The van der Waals surface area contributed by atoms with Crippen LogP contribution in [-0.4, -0.2) is 32.0 Å². The highest BCUT2D eigenvalue weighted by molar-refractivity contribution is 5.42. The molecule has 142 valence electrons. The summed E-state index contributed by atoms with van der Waals surface area (Å²) in [4.78, 5) is 0. The van der Waals surface area contributed by atoms with Crippen molar-refractivity contribution in [3.8, 4) is 17.2 Å². The van der Waals surface area contributed by atoms with Gasteiger partial charge in [0.1, 0.15) is 12.4 Å². The molecule has 2 aromatic carbocycles. The van der Waals surface area contributed by atoms with Crippen LogP contribution >= 0.6 is 0 Å². The Morgan fingerprint density at radius 1 is 1.12 bits per heavy atom. The van der Waals surface area contributed by atoms with Gasteiger partial charge in [-0.1, -0.05) is 18.5 Å². The number of hydrogen-bond acceptors (Lipinski definition) is 4. The number of ether oxygens (including phenoxy) is 3. The van der Waals surface area contributed by atoms with E-state index in [9.17, 15) is 5.11 Å². The summed E-state index contributed by atoms with van der Waals surface area (Å²) in [6, 6.07) is -3.96. The van der Waals surface area contributed by atoms with Crippen molar-refractivity contribution in [2.75, 3.05) is 20.8 Å². The molecule has 4 heteroatoms. The topological polar surface area (TPSA) is 47.9 Å². The van der Waals surface area contributed by atoms with Crippen LogP contribution < -0.4 is 14.2 Å². The molecule has 0 aliphatic heterocycles. The molecule has 0 spiro atoms. The highest BCUT2D eigenvalue weighted by atomic mass is 16.5. The van der Waals surface area contributed by atoms with Crippen molar-refractivity contribution in [3.05, 3.63) is 52.9 Å². The summed E-state index contributed by atoms with van der Waals surface area (Å²) in [5, 5.41) is 10.5. The Kier molecular flexibility index (Phi) is 3.03. The lowest BCUT2D eigenvalue weighted by atomic mass is 10.0. The average molecular weight is 374 g/mol. The highest BCUT2D eigenvalue weighted by Gasteiger charge is 2.07. The Hall–Kier alpha value is -2.20. The molecule has 0 amide bonds. The zero-order valence-electron chi connectivity index (χ0n) is 29.7. The monoisotopic (exact) mass is 373 g/mol. The van der Waals surface area contributed by atoms with Gasteiger partial charge in [0.2, 0.25) is 0 Å². The quantitative estimate of drug-likeness (QED) is 0.667. The van der Waals surface area contributed by atoms with Gasteiger partial charge in [0, 0.05) is 8.22 Å². The van der Waals surface area contributed by atoms with Crippen LogP contribution in [0.5, 0.6) is 17.2 Å². The smallest absolute Gasteiger partial charge is 0.160 e. The maximum Gasteiger partial charge on any atom is 0.160 e. The third-order valence-corrected chi connectivity index (χ3v) is 3.30. The molecular weight excluding hydrogens is 328 g/mol. The van der Waals surface area contributed by atoms with E-state index < -0.39 is 92.3 Å². The number of aliphatic hydroxyl groups is 1. The van der Waals surface area contributed by atoms with Crippen LogP contribution in [0, 0.1) is 13.8 Å². The van der Waals surface area contributed by atoms with Gasteiger partial charge in [-0.2, -0.15) is 0 Å².